The van der Waals surface area contributed by atoms with E-state index < -0.39 is 18.1 Å². The number of alkyl carbamates (subject to hydrolysis) is 1. The van der Waals surface area contributed by atoms with Gasteiger partial charge in [-0.1, -0.05) is 36.4 Å². The maximum Gasteiger partial charge on any atom is 0.407 e. The van der Waals surface area contributed by atoms with E-state index in [4.69, 9.17) is 14.2 Å². The average Bonchev–Trinajstić information content (AvgIpc) is 3.14. The Morgan fingerprint density at radius 1 is 1.25 bits per heavy atom. The molecule has 4 rings (SSSR count). The molecule has 2 aliphatic carbocycles. The molecule has 8 nitrogen and oxygen atoms in total. The van der Waals surface area contributed by atoms with Crippen molar-refractivity contribution in [2.24, 2.45) is 0 Å². The number of nitrogens with zero attached hydrogens (tertiary/aromatic N) is 1. The summed E-state index contributed by atoms with van der Waals surface area (Å²) in [5.74, 6) is -1.18. The Morgan fingerprint density at radius 3 is 2.88 bits per heavy atom. The first-order valence-electron chi connectivity index (χ1n) is 11.2. The van der Waals surface area contributed by atoms with Crippen molar-refractivity contribution in [2.45, 2.75) is 24.8 Å². The molecule has 0 saturated carbocycles. The molecule has 2 N–H and O–H groups in total. The van der Waals surface area contributed by atoms with E-state index in [2.05, 4.69) is 34.5 Å². The third kappa shape index (κ3) is 5.38. The van der Waals surface area contributed by atoms with Crippen molar-refractivity contribution in [3.63, 3.8) is 0 Å². The molecule has 1 saturated heterocycles. The summed E-state index contributed by atoms with van der Waals surface area (Å²) in [5, 5.41) is 11.9. The first-order valence-corrected chi connectivity index (χ1v) is 11.2. The Labute approximate surface area is 187 Å². The number of aliphatic carboxylic acids is 1. The monoisotopic (exact) mass is 442 g/mol. The first kappa shape index (κ1) is 22.5. The molecule has 8 heteroatoms. The summed E-state index contributed by atoms with van der Waals surface area (Å²) in [5.41, 5.74) is 4.87. The summed E-state index contributed by atoms with van der Waals surface area (Å²) < 4.78 is 16.3. The largest absolute Gasteiger partial charge is 0.480 e. The minimum atomic E-state index is -1.16. The highest BCUT2D eigenvalue weighted by molar-refractivity contribution is 5.82. The van der Waals surface area contributed by atoms with Crippen molar-refractivity contribution in [2.75, 3.05) is 52.7 Å². The number of ether oxygens (including phenoxy) is 3. The second kappa shape index (κ2) is 10.8. The molecule has 0 radical (unpaired) electrons. The van der Waals surface area contributed by atoms with Crippen LogP contribution in [0.2, 0.25) is 0 Å². The Bertz CT molecular complexity index is 890. The summed E-state index contributed by atoms with van der Waals surface area (Å²) >= 11 is 0. The van der Waals surface area contributed by atoms with Crippen molar-refractivity contribution in [3.05, 3.63) is 53.1 Å². The number of amides is 1. The Balaban J connectivity index is 1.26. The number of carbonyl (C=O) groups excluding carboxylic acids is 1. The van der Waals surface area contributed by atoms with Gasteiger partial charge in [0.05, 0.1) is 26.4 Å². The van der Waals surface area contributed by atoms with Gasteiger partial charge in [-0.05, 0) is 35.1 Å². The van der Waals surface area contributed by atoms with Crippen molar-refractivity contribution in [1.82, 2.24) is 10.2 Å². The third-order valence-electron chi connectivity index (χ3n) is 6.15. The Morgan fingerprint density at radius 2 is 2.06 bits per heavy atom. The highest BCUT2D eigenvalue weighted by atomic mass is 16.6. The van der Waals surface area contributed by atoms with E-state index >= 15 is 0 Å². The standard InChI is InChI=1S/C24H30N2O6/c27-23(28)22(16-31-14-11-26-9-12-30-13-10-26)25-24(29)32-15-21-19-7-3-1-5-17(19)18-6-2-4-8-20(18)21/h1,3-5,7-8,21-22H,2,6,9-16H2,(H,25,29)(H,27,28). The van der Waals surface area contributed by atoms with Gasteiger partial charge in [0, 0.05) is 25.6 Å². The van der Waals surface area contributed by atoms with Gasteiger partial charge in [0.15, 0.2) is 6.04 Å². The summed E-state index contributed by atoms with van der Waals surface area (Å²) in [7, 11) is 0. The van der Waals surface area contributed by atoms with Gasteiger partial charge in [-0.3, -0.25) is 4.90 Å². The van der Waals surface area contributed by atoms with Crippen LogP contribution in [0.3, 0.4) is 0 Å². The number of morpholine rings is 1. The normalized spacial score (nSPS) is 21.1. The minimum Gasteiger partial charge on any atom is -0.480 e. The van der Waals surface area contributed by atoms with E-state index in [1.165, 1.54) is 16.7 Å². The predicted octanol–water partition coefficient (Wildman–Crippen LogP) is 2.42. The fourth-order valence-corrected chi connectivity index (χ4v) is 4.46. The number of benzene rings is 1. The van der Waals surface area contributed by atoms with Crippen LogP contribution in [0.15, 0.2) is 42.0 Å². The van der Waals surface area contributed by atoms with Crippen LogP contribution in [0, 0.1) is 0 Å². The highest BCUT2D eigenvalue weighted by Gasteiger charge is 2.31. The Hall–Kier alpha value is -2.68. The van der Waals surface area contributed by atoms with Crippen LogP contribution in [-0.4, -0.2) is 80.8 Å². The zero-order valence-corrected chi connectivity index (χ0v) is 18.1. The van der Waals surface area contributed by atoms with Gasteiger partial charge in [-0.2, -0.15) is 0 Å². The molecule has 1 aromatic carbocycles. The number of nitrogens with one attached hydrogen (secondary N) is 1. The van der Waals surface area contributed by atoms with E-state index in [1.54, 1.807) is 0 Å². The number of hydrogen-bond acceptors (Lipinski definition) is 6. The van der Waals surface area contributed by atoms with Crippen LogP contribution in [0.25, 0.3) is 5.57 Å². The summed E-state index contributed by atoms with van der Waals surface area (Å²) in [6.07, 6.45) is 5.50. The predicted molar refractivity (Wildman–Crippen MR) is 118 cm³/mol. The first-order chi connectivity index (χ1) is 15.6. The average molecular weight is 443 g/mol. The molecule has 1 aromatic rings. The molecule has 1 aliphatic heterocycles. The molecule has 2 atom stereocenters. The molecule has 1 fully saturated rings. The van der Waals surface area contributed by atoms with Crippen LogP contribution in [-0.2, 0) is 19.0 Å². The number of carboxylic acids is 1. The quantitative estimate of drug-likeness (QED) is 0.567. The molecule has 1 heterocycles. The zero-order chi connectivity index (χ0) is 22.3. The van der Waals surface area contributed by atoms with Crippen molar-refractivity contribution in [1.29, 1.82) is 0 Å². The second-order valence-corrected chi connectivity index (χ2v) is 8.18. The smallest absolute Gasteiger partial charge is 0.407 e. The number of carbonyl (C=O) groups is 2. The molecule has 1 amide bonds. The highest BCUT2D eigenvalue weighted by Crippen LogP contribution is 2.46. The lowest BCUT2D eigenvalue weighted by Gasteiger charge is -2.26. The minimum absolute atomic E-state index is 0.0310. The van der Waals surface area contributed by atoms with Gasteiger partial charge in [-0.15, -0.1) is 0 Å². The number of hydrogen-bond donors (Lipinski definition) is 2. The lowest BCUT2D eigenvalue weighted by Crippen LogP contribution is -2.45. The van der Waals surface area contributed by atoms with Gasteiger partial charge in [0.25, 0.3) is 0 Å². The number of fused-ring (bicyclic) bond motifs is 2. The summed E-state index contributed by atoms with van der Waals surface area (Å²) in [6.45, 7) is 4.22. The van der Waals surface area contributed by atoms with Crippen LogP contribution >= 0.6 is 0 Å². The van der Waals surface area contributed by atoms with E-state index in [1.807, 2.05) is 12.1 Å². The molecule has 172 valence electrons. The third-order valence-corrected chi connectivity index (χ3v) is 6.15. The van der Waals surface area contributed by atoms with E-state index in [0.717, 1.165) is 31.5 Å². The summed E-state index contributed by atoms with van der Waals surface area (Å²) in [4.78, 5) is 26.1. The molecule has 0 aromatic heterocycles. The molecule has 2 unspecified atom stereocenters. The van der Waals surface area contributed by atoms with Gasteiger partial charge in [-0.25, -0.2) is 9.59 Å². The van der Waals surface area contributed by atoms with Crippen molar-refractivity contribution < 1.29 is 28.9 Å². The van der Waals surface area contributed by atoms with Crippen LogP contribution in [0.1, 0.15) is 29.9 Å². The second-order valence-electron chi connectivity index (χ2n) is 8.18. The molecule has 0 spiro atoms. The lowest BCUT2D eigenvalue weighted by atomic mass is 9.93. The summed E-state index contributed by atoms with van der Waals surface area (Å²) in [6, 6.07) is 7.03. The van der Waals surface area contributed by atoms with Crippen molar-refractivity contribution >= 4 is 17.6 Å². The lowest BCUT2D eigenvalue weighted by molar-refractivity contribution is -0.141. The maximum absolute atomic E-state index is 12.4. The molecule has 32 heavy (non-hydrogen) atoms. The van der Waals surface area contributed by atoms with Crippen LogP contribution in [0.4, 0.5) is 4.79 Å². The topological polar surface area (TPSA) is 97.3 Å². The van der Waals surface area contributed by atoms with Gasteiger partial charge in [0.1, 0.15) is 6.61 Å². The fraction of sp³-hybridized carbons (Fsp3) is 0.500. The van der Waals surface area contributed by atoms with Gasteiger partial charge < -0.3 is 24.6 Å². The SMILES string of the molecule is O=C(NC(COCCN1CCOCC1)C(=O)O)OCC1C2=C(CCC=C2)c2ccccc21. The Kier molecular flexibility index (Phi) is 7.57. The van der Waals surface area contributed by atoms with E-state index in [9.17, 15) is 14.7 Å². The molecule has 0 bridgehead atoms. The maximum atomic E-state index is 12.4. The number of rotatable bonds is 9. The van der Waals surface area contributed by atoms with Crippen LogP contribution < -0.4 is 5.32 Å². The number of allylic oxidation sites excluding steroid dienone is 3. The zero-order valence-electron chi connectivity index (χ0n) is 18.1. The van der Waals surface area contributed by atoms with E-state index in [-0.39, 0.29) is 19.1 Å². The molecule has 3 aliphatic rings. The van der Waals surface area contributed by atoms with Gasteiger partial charge >= 0.3 is 12.1 Å². The molecular weight excluding hydrogens is 412 g/mol. The van der Waals surface area contributed by atoms with E-state index in [0.29, 0.717) is 26.4 Å². The van der Waals surface area contributed by atoms with Crippen molar-refractivity contribution in [3.8, 4) is 0 Å². The van der Waals surface area contributed by atoms with Gasteiger partial charge in [0.2, 0.25) is 0 Å². The molecular formula is C24H30N2O6. The number of carboxylic acid groups (broad SMARTS) is 1. The van der Waals surface area contributed by atoms with Crippen LogP contribution in [0.5, 0.6) is 0 Å². The fourth-order valence-electron chi connectivity index (χ4n) is 4.46.